The predicted octanol–water partition coefficient (Wildman–Crippen LogP) is 3.08. The maximum atomic E-state index is 11.6. The van der Waals surface area contributed by atoms with Gasteiger partial charge in [0.1, 0.15) is 11.6 Å². The molecular weight excluding hydrogens is 348 g/mol. The molecule has 8 heteroatoms. The van der Waals surface area contributed by atoms with Crippen molar-refractivity contribution in [2.24, 2.45) is 0 Å². The third-order valence-electron chi connectivity index (χ3n) is 4.23. The predicted molar refractivity (Wildman–Crippen MR) is 96.7 cm³/mol. The Labute approximate surface area is 147 Å². The fraction of sp³-hybridized carbons (Fsp3) is 0.500. The van der Waals surface area contributed by atoms with Crippen LogP contribution in [0.25, 0.3) is 10.9 Å². The van der Waals surface area contributed by atoms with E-state index in [0.717, 1.165) is 29.6 Å². The van der Waals surface area contributed by atoms with E-state index in [2.05, 4.69) is 20.0 Å². The third kappa shape index (κ3) is 4.15. The minimum Gasteiger partial charge on any atom is -0.367 e. The van der Waals surface area contributed by atoms with Crippen molar-refractivity contribution < 1.29 is 8.42 Å². The highest BCUT2D eigenvalue weighted by Gasteiger charge is 2.18. The number of sulfonamides is 1. The molecule has 0 radical (unpaired) electrons. The first-order chi connectivity index (χ1) is 11.5. The molecular formula is C16H21ClN4O2S. The summed E-state index contributed by atoms with van der Waals surface area (Å²) in [5, 5.41) is 4.96. The molecule has 24 heavy (non-hydrogen) atoms. The molecule has 130 valence electrons. The first-order valence-corrected chi connectivity index (χ1v) is 10.2. The molecule has 1 heterocycles. The standard InChI is InChI=1S/C16H21ClN4O2S/c1-2-24(22,23)18-10-15-20-14-8-7-11(17)9-13(14)16(21-15)19-12-5-3-4-6-12/h7-9,12,18H,2-6,10H2,1H3,(H,19,20,21). The molecule has 1 aromatic heterocycles. The smallest absolute Gasteiger partial charge is 0.211 e. The molecule has 0 aliphatic heterocycles. The van der Waals surface area contributed by atoms with Crippen molar-refractivity contribution in [1.29, 1.82) is 0 Å². The van der Waals surface area contributed by atoms with E-state index < -0.39 is 10.0 Å². The molecule has 0 amide bonds. The summed E-state index contributed by atoms with van der Waals surface area (Å²) in [6.45, 7) is 1.67. The number of rotatable bonds is 6. The molecule has 0 atom stereocenters. The van der Waals surface area contributed by atoms with E-state index >= 15 is 0 Å². The molecule has 1 fully saturated rings. The summed E-state index contributed by atoms with van der Waals surface area (Å²) in [6, 6.07) is 5.84. The molecule has 0 spiro atoms. The molecule has 3 rings (SSSR count). The van der Waals surface area contributed by atoms with Crippen LogP contribution in [-0.4, -0.2) is 30.2 Å². The summed E-state index contributed by atoms with van der Waals surface area (Å²) in [4.78, 5) is 8.99. The fourth-order valence-electron chi connectivity index (χ4n) is 2.88. The number of nitrogens with one attached hydrogen (secondary N) is 2. The summed E-state index contributed by atoms with van der Waals surface area (Å²) < 4.78 is 25.8. The molecule has 0 unspecified atom stereocenters. The first kappa shape index (κ1) is 17.4. The lowest BCUT2D eigenvalue weighted by Crippen LogP contribution is -2.26. The largest absolute Gasteiger partial charge is 0.367 e. The van der Waals surface area contributed by atoms with Crippen LogP contribution in [0.3, 0.4) is 0 Å². The number of anilines is 1. The van der Waals surface area contributed by atoms with Gasteiger partial charge in [-0.05, 0) is 38.0 Å². The van der Waals surface area contributed by atoms with Gasteiger partial charge in [-0.3, -0.25) is 0 Å². The number of fused-ring (bicyclic) bond motifs is 1. The van der Waals surface area contributed by atoms with Crippen LogP contribution in [0.2, 0.25) is 5.02 Å². The Kier molecular flexibility index (Phi) is 5.22. The van der Waals surface area contributed by atoms with Crippen molar-refractivity contribution in [2.45, 2.75) is 45.2 Å². The van der Waals surface area contributed by atoms with Crippen LogP contribution in [0.1, 0.15) is 38.4 Å². The molecule has 6 nitrogen and oxygen atoms in total. The van der Waals surface area contributed by atoms with Crippen LogP contribution >= 0.6 is 11.6 Å². The third-order valence-corrected chi connectivity index (χ3v) is 5.81. The lowest BCUT2D eigenvalue weighted by molar-refractivity contribution is 0.580. The van der Waals surface area contributed by atoms with Crippen LogP contribution in [-0.2, 0) is 16.6 Å². The maximum Gasteiger partial charge on any atom is 0.211 e. The van der Waals surface area contributed by atoms with E-state index in [1.807, 2.05) is 12.1 Å². The second kappa shape index (κ2) is 7.21. The lowest BCUT2D eigenvalue weighted by Gasteiger charge is -2.16. The summed E-state index contributed by atoms with van der Waals surface area (Å²) in [5.41, 5.74) is 0.751. The van der Waals surface area contributed by atoms with Gasteiger partial charge in [0.2, 0.25) is 10.0 Å². The quantitative estimate of drug-likeness (QED) is 0.818. The van der Waals surface area contributed by atoms with Crippen molar-refractivity contribution in [1.82, 2.24) is 14.7 Å². The Bertz CT molecular complexity index is 835. The summed E-state index contributed by atoms with van der Waals surface area (Å²) in [5.74, 6) is 1.20. The Morgan fingerprint density at radius 1 is 1.25 bits per heavy atom. The molecule has 0 saturated heterocycles. The van der Waals surface area contributed by atoms with Gasteiger partial charge in [0.05, 0.1) is 17.8 Å². The SMILES string of the molecule is CCS(=O)(=O)NCc1nc(NC2CCCC2)c2cc(Cl)ccc2n1. The minimum absolute atomic E-state index is 0.0311. The number of hydrogen-bond acceptors (Lipinski definition) is 5. The number of nitrogens with zero attached hydrogens (tertiary/aromatic N) is 2. The highest BCUT2D eigenvalue weighted by Crippen LogP contribution is 2.28. The summed E-state index contributed by atoms with van der Waals surface area (Å²) in [6.07, 6.45) is 4.66. The monoisotopic (exact) mass is 368 g/mol. The molecule has 1 aromatic carbocycles. The van der Waals surface area contributed by atoms with Crippen molar-refractivity contribution >= 4 is 38.3 Å². The second-order valence-corrected chi connectivity index (χ2v) is 8.53. The van der Waals surface area contributed by atoms with E-state index in [1.165, 1.54) is 12.8 Å². The summed E-state index contributed by atoms with van der Waals surface area (Å²) in [7, 11) is -3.28. The topological polar surface area (TPSA) is 84.0 Å². The Morgan fingerprint density at radius 2 is 2.00 bits per heavy atom. The van der Waals surface area contributed by atoms with Crippen LogP contribution in [0.15, 0.2) is 18.2 Å². The average Bonchev–Trinajstić information content (AvgIpc) is 3.06. The molecule has 1 aliphatic carbocycles. The zero-order valence-electron chi connectivity index (χ0n) is 13.5. The first-order valence-electron chi connectivity index (χ1n) is 8.17. The van der Waals surface area contributed by atoms with E-state index in [0.29, 0.717) is 16.9 Å². The van der Waals surface area contributed by atoms with Gasteiger partial charge in [0, 0.05) is 16.5 Å². The maximum absolute atomic E-state index is 11.6. The number of halogens is 1. The molecule has 2 N–H and O–H groups in total. The molecule has 1 saturated carbocycles. The molecule has 2 aromatic rings. The second-order valence-electron chi connectivity index (χ2n) is 6.00. The van der Waals surface area contributed by atoms with Crippen LogP contribution in [0.5, 0.6) is 0 Å². The van der Waals surface area contributed by atoms with Gasteiger partial charge in [-0.15, -0.1) is 0 Å². The van der Waals surface area contributed by atoms with E-state index in [9.17, 15) is 8.42 Å². The summed E-state index contributed by atoms with van der Waals surface area (Å²) >= 11 is 6.11. The van der Waals surface area contributed by atoms with Gasteiger partial charge in [0.25, 0.3) is 0 Å². The van der Waals surface area contributed by atoms with Gasteiger partial charge >= 0.3 is 0 Å². The van der Waals surface area contributed by atoms with Crippen LogP contribution in [0, 0.1) is 0 Å². The van der Waals surface area contributed by atoms with E-state index in [4.69, 9.17) is 11.6 Å². The lowest BCUT2D eigenvalue weighted by atomic mass is 10.2. The molecule has 1 aliphatic rings. The highest BCUT2D eigenvalue weighted by atomic mass is 35.5. The zero-order valence-corrected chi connectivity index (χ0v) is 15.1. The van der Waals surface area contributed by atoms with Crippen LogP contribution < -0.4 is 10.0 Å². The minimum atomic E-state index is -3.28. The van der Waals surface area contributed by atoms with Gasteiger partial charge in [-0.1, -0.05) is 24.4 Å². The number of benzene rings is 1. The zero-order chi connectivity index (χ0) is 17.2. The van der Waals surface area contributed by atoms with Crippen molar-refractivity contribution in [2.75, 3.05) is 11.1 Å². The van der Waals surface area contributed by atoms with Gasteiger partial charge in [-0.2, -0.15) is 0 Å². The van der Waals surface area contributed by atoms with Crippen molar-refractivity contribution in [3.8, 4) is 0 Å². The van der Waals surface area contributed by atoms with E-state index in [1.54, 1.807) is 13.0 Å². The van der Waals surface area contributed by atoms with Gasteiger partial charge in [-0.25, -0.2) is 23.1 Å². The molecule has 0 bridgehead atoms. The average molecular weight is 369 g/mol. The number of hydrogen-bond donors (Lipinski definition) is 2. The van der Waals surface area contributed by atoms with Crippen molar-refractivity contribution in [3.63, 3.8) is 0 Å². The Hall–Kier alpha value is -1.44. The Balaban J connectivity index is 1.93. The van der Waals surface area contributed by atoms with Crippen molar-refractivity contribution in [3.05, 3.63) is 29.0 Å². The van der Waals surface area contributed by atoms with Gasteiger partial charge in [0.15, 0.2) is 0 Å². The number of aromatic nitrogens is 2. The van der Waals surface area contributed by atoms with Crippen LogP contribution in [0.4, 0.5) is 5.82 Å². The normalized spacial score (nSPS) is 15.9. The van der Waals surface area contributed by atoms with E-state index in [-0.39, 0.29) is 12.3 Å². The van der Waals surface area contributed by atoms with Gasteiger partial charge < -0.3 is 5.32 Å². The Morgan fingerprint density at radius 3 is 2.71 bits per heavy atom. The highest BCUT2D eigenvalue weighted by molar-refractivity contribution is 7.89. The fourth-order valence-corrected chi connectivity index (χ4v) is 3.60.